The number of morpholine rings is 1. The predicted molar refractivity (Wildman–Crippen MR) is 115 cm³/mol. The predicted octanol–water partition coefficient (Wildman–Crippen LogP) is 4.68. The third-order valence-corrected chi connectivity index (χ3v) is 5.68. The average Bonchev–Trinajstić information content (AvgIpc) is 3.25. The Hall–Kier alpha value is -2.57. The molecule has 2 fully saturated rings. The minimum Gasteiger partial charge on any atom is -0.370 e. The second-order valence-corrected chi connectivity index (χ2v) is 7.80. The maximum Gasteiger partial charge on any atom is 0.326 e. The van der Waals surface area contributed by atoms with E-state index >= 15 is 0 Å². The molecular weight excluding hydrogens is 390 g/mol. The van der Waals surface area contributed by atoms with Crippen molar-refractivity contribution >= 4 is 40.6 Å². The molecule has 2 aromatic rings. The number of ether oxygens (including phenoxy) is 1. The molecule has 3 amide bonds. The number of benzene rings is 2. The van der Waals surface area contributed by atoms with Gasteiger partial charge in [0.25, 0.3) is 5.91 Å². The van der Waals surface area contributed by atoms with Gasteiger partial charge in [-0.2, -0.15) is 0 Å². The molecule has 152 valence electrons. The van der Waals surface area contributed by atoms with Crippen LogP contribution >= 0.6 is 11.6 Å². The highest BCUT2D eigenvalue weighted by molar-refractivity contribution is 6.30. The molecule has 1 heterocycles. The van der Waals surface area contributed by atoms with Crippen molar-refractivity contribution in [3.05, 3.63) is 53.6 Å². The molecule has 1 aliphatic heterocycles. The quantitative estimate of drug-likeness (QED) is 0.791. The Morgan fingerprint density at radius 2 is 1.76 bits per heavy atom. The van der Waals surface area contributed by atoms with Gasteiger partial charge in [0.1, 0.15) is 6.61 Å². The zero-order chi connectivity index (χ0) is 20.2. The molecule has 0 unspecified atom stereocenters. The first kappa shape index (κ1) is 19.7. The minimum absolute atomic E-state index is 0.0443. The highest BCUT2D eigenvalue weighted by atomic mass is 35.5. The summed E-state index contributed by atoms with van der Waals surface area (Å²) in [5.74, 6) is -0.0443. The van der Waals surface area contributed by atoms with Crippen LogP contribution in [0.2, 0.25) is 5.02 Å². The number of hydrogen-bond donors (Lipinski definition) is 1. The van der Waals surface area contributed by atoms with Crippen molar-refractivity contribution in [2.24, 2.45) is 0 Å². The van der Waals surface area contributed by atoms with Crippen molar-refractivity contribution in [2.75, 3.05) is 34.9 Å². The standard InChI is InChI=1S/C22H24ClN3O3/c23-16-5-7-17(8-6-16)24-22(28)26(19-3-1-2-4-19)20-11-9-18(10-12-20)25-13-14-29-15-21(25)27/h5-12,19H,1-4,13-15H2,(H,24,28). The summed E-state index contributed by atoms with van der Waals surface area (Å²) < 4.78 is 5.20. The molecule has 0 aromatic heterocycles. The lowest BCUT2D eigenvalue weighted by molar-refractivity contribution is -0.125. The van der Waals surface area contributed by atoms with Crippen molar-refractivity contribution in [2.45, 2.75) is 31.7 Å². The van der Waals surface area contributed by atoms with E-state index in [1.807, 2.05) is 29.2 Å². The summed E-state index contributed by atoms with van der Waals surface area (Å²) >= 11 is 5.94. The molecule has 1 saturated heterocycles. The van der Waals surface area contributed by atoms with Gasteiger partial charge in [-0.1, -0.05) is 24.4 Å². The first-order chi connectivity index (χ1) is 14.1. The lowest BCUT2D eigenvalue weighted by atomic mass is 10.1. The van der Waals surface area contributed by atoms with Gasteiger partial charge in [-0.05, 0) is 61.4 Å². The molecule has 0 spiro atoms. The monoisotopic (exact) mass is 413 g/mol. The van der Waals surface area contributed by atoms with Crippen molar-refractivity contribution in [3.63, 3.8) is 0 Å². The molecule has 2 aliphatic rings. The molecule has 29 heavy (non-hydrogen) atoms. The van der Waals surface area contributed by atoms with E-state index in [0.29, 0.717) is 23.9 Å². The van der Waals surface area contributed by atoms with Gasteiger partial charge in [0.2, 0.25) is 0 Å². The number of urea groups is 1. The molecule has 7 heteroatoms. The van der Waals surface area contributed by atoms with Crippen LogP contribution in [0.3, 0.4) is 0 Å². The van der Waals surface area contributed by atoms with Gasteiger partial charge < -0.3 is 15.0 Å². The van der Waals surface area contributed by atoms with Crippen molar-refractivity contribution in [1.29, 1.82) is 0 Å². The first-order valence-corrected chi connectivity index (χ1v) is 10.3. The fraction of sp³-hybridized carbons (Fsp3) is 0.364. The van der Waals surface area contributed by atoms with Crippen LogP contribution in [0.25, 0.3) is 0 Å². The molecular formula is C22H24ClN3O3. The number of rotatable bonds is 4. The fourth-order valence-electron chi connectivity index (χ4n) is 3.96. The van der Waals surface area contributed by atoms with Crippen LogP contribution < -0.4 is 15.1 Å². The Balaban J connectivity index is 1.55. The summed E-state index contributed by atoms with van der Waals surface area (Å²) in [6.45, 7) is 1.19. The summed E-state index contributed by atoms with van der Waals surface area (Å²) in [5.41, 5.74) is 2.36. The Morgan fingerprint density at radius 3 is 2.41 bits per heavy atom. The highest BCUT2D eigenvalue weighted by Crippen LogP contribution is 2.31. The zero-order valence-electron chi connectivity index (χ0n) is 16.1. The van der Waals surface area contributed by atoms with Crippen molar-refractivity contribution in [1.82, 2.24) is 0 Å². The van der Waals surface area contributed by atoms with E-state index < -0.39 is 0 Å². The van der Waals surface area contributed by atoms with E-state index in [-0.39, 0.29) is 24.6 Å². The third-order valence-electron chi connectivity index (χ3n) is 5.43. The largest absolute Gasteiger partial charge is 0.370 e. The summed E-state index contributed by atoms with van der Waals surface area (Å²) in [7, 11) is 0. The smallest absolute Gasteiger partial charge is 0.326 e. The van der Waals surface area contributed by atoms with Crippen LogP contribution in [0.1, 0.15) is 25.7 Å². The van der Waals surface area contributed by atoms with Gasteiger partial charge in [0, 0.05) is 34.7 Å². The summed E-state index contributed by atoms with van der Waals surface area (Å²) in [5, 5.41) is 3.61. The number of anilines is 3. The van der Waals surface area contributed by atoms with E-state index in [9.17, 15) is 9.59 Å². The molecule has 2 aromatic carbocycles. The van der Waals surface area contributed by atoms with Crippen LogP contribution in [0.4, 0.5) is 21.9 Å². The van der Waals surface area contributed by atoms with Gasteiger partial charge >= 0.3 is 6.03 Å². The second-order valence-electron chi connectivity index (χ2n) is 7.36. The van der Waals surface area contributed by atoms with Crippen LogP contribution in [0.5, 0.6) is 0 Å². The fourth-order valence-corrected chi connectivity index (χ4v) is 4.08. The maximum atomic E-state index is 13.1. The average molecular weight is 414 g/mol. The summed E-state index contributed by atoms with van der Waals surface area (Å²) in [4.78, 5) is 28.8. The van der Waals surface area contributed by atoms with Crippen LogP contribution in [-0.2, 0) is 9.53 Å². The molecule has 1 aliphatic carbocycles. The van der Waals surface area contributed by atoms with Crippen molar-refractivity contribution < 1.29 is 14.3 Å². The highest BCUT2D eigenvalue weighted by Gasteiger charge is 2.29. The Morgan fingerprint density at radius 1 is 1.07 bits per heavy atom. The lowest BCUT2D eigenvalue weighted by Gasteiger charge is -2.31. The Kier molecular flexibility index (Phi) is 6.02. The van der Waals surface area contributed by atoms with Gasteiger partial charge in [-0.25, -0.2) is 4.79 Å². The third kappa shape index (κ3) is 4.54. The molecule has 1 saturated carbocycles. The van der Waals surface area contributed by atoms with Crippen LogP contribution in [0.15, 0.2) is 48.5 Å². The number of nitrogens with one attached hydrogen (secondary N) is 1. The van der Waals surface area contributed by atoms with Gasteiger partial charge in [0.05, 0.1) is 6.61 Å². The topological polar surface area (TPSA) is 61.9 Å². The second kappa shape index (κ2) is 8.84. The molecule has 1 N–H and O–H groups in total. The number of halogens is 1. The molecule has 0 bridgehead atoms. The van der Waals surface area contributed by atoms with Gasteiger partial charge in [-0.3, -0.25) is 9.69 Å². The molecule has 4 rings (SSSR count). The summed E-state index contributed by atoms with van der Waals surface area (Å²) in [6, 6.07) is 14.7. The minimum atomic E-state index is -0.158. The number of carbonyl (C=O) groups excluding carboxylic acids is 2. The number of carbonyl (C=O) groups is 2. The van der Waals surface area contributed by atoms with E-state index in [1.165, 1.54) is 0 Å². The Bertz CT molecular complexity index is 864. The van der Waals surface area contributed by atoms with Gasteiger partial charge in [-0.15, -0.1) is 0 Å². The van der Waals surface area contributed by atoms with Crippen LogP contribution in [0, 0.1) is 0 Å². The van der Waals surface area contributed by atoms with E-state index in [4.69, 9.17) is 16.3 Å². The van der Waals surface area contributed by atoms with Crippen molar-refractivity contribution in [3.8, 4) is 0 Å². The van der Waals surface area contributed by atoms with Gasteiger partial charge in [0.15, 0.2) is 0 Å². The van der Waals surface area contributed by atoms with E-state index in [2.05, 4.69) is 5.32 Å². The zero-order valence-corrected chi connectivity index (χ0v) is 16.9. The lowest BCUT2D eigenvalue weighted by Crippen LogP contribution is -2.42. The number of amides is 3. The Labute approximate surface area is 175 Å². The SMILES string of the molecule is O=C1COCCN1c1ccc(N(C(=O)Nc2ccc(Cl)cc2)C2CCCC2)cc1. The van der Waals surface area contributed by atoms with E-state index in [0.717, 1.165) is 37.1 Å². The first-order valence-electron chi connectivity index (χ1n) is 9.96. The number of hydrogen-bond acceptors (Lipinski definition) is 3. The normalized spacial score (nSPS) is 17.4. The molecule has 6 nitrogen and oxygen atoms in total. The number of nitrogens with zero attached hydrogens (tertiary/aromatic N) is 2. The summed E-state index contributed by atoms with van der Waals surface area (Å²) in [6.07, 6.45) is 4.21. The maximum absolute atomic E-state index is 13.1. The van der Waals surface area contributed by atoms with Crippen LogP contribution in [-0.4, -0.2) is 37.7 Å². The van der Waals surface area contributed by atoms with E-state index in [1.54, 1.807) is 29.2 Å². The molecule has 0 atom stereocenters. The molecule has 0 radical (unpaired) electrons.